The van der Waals surface area contributed by atoms with E-state index in [4.69, 9.17) is 0 Å². The second-order valence-corrected chi connectivity index (χ2v) is 3.94. The third-order valence-corrected chi connectivity index (χ3v) is 2.82. The molecule has 2 fully saturated rings. The summed E-state index contributed by atoms with van der Waals surface area (Å²) >= 11 is 0. The van der Waals surface area contributed by atoms with Crippen molar-refractivity contribution in [2.24, 2.45) is 11.3 Å². The number of hydrogen-bond donors (Lipinski definition) is 1. The van der Waals surface area contributed by atoms with E-state index in [1.165, 1.54) is 25.7 Å². The van der Waals surface area contributed by atoms with Gasteiger partial charge in [0.1, 0.15) is 0 Å². The Morgan fingerprint density at radius 3 is 2.33 bits per heavy atom. The average Bonchev–Trinajstić information content (AvgIpc) is 2.54. The predicted molar refractivity (Wildman–Crippen MR) is 36.1 cm³/mol. The van der Waals surface area contributed by atoms with Crippen molar-refractivity contribution < 1.29 is 5.11 Å². The first-order valence-electron chi connectivity index (χ1n) is 3.90. The summed E-state index contributed by atoms with van der Waals surface area (Å²) < 4.78 is 0. The van der Waals surface area contributed by atoms with E-state index in [-0.39, 0.29) is 6.10 Å². The summed E-state index contributed by atoms with van der Waals surface area (Å²) in [5.41, 5.74) is 0.348. The van der Waals surface area contributed by atoms with E-state index in [1.807, 2.05) is 0 Å². The Morgan fingerprint density at radius 1 is 1.44 bits per heavy atom. The zero-order chi connectivity index (χ0) is 6.48. The highest BCUT2D eigenvalue weighted by Crippen LogP contribution is 2.54. The summed E-state index contributed by atoms with van der Waals surface area (Å²) in [4.78, 5) is 0. The predicted octanol–water partition coefficient (Wildman–Crippen LogP) is 1.56. The van der Waals surface area contributed by atoms with Crippen LogP contribution in [0.15, 0.2) is 0 Å². The first-order chi connectivity index (χ1) is 4.22. The first-order valence-corrected chi connectivity index (χ1v) is 3.90. The van der Waals surface area contributed by atoms with Crippen molar-refractivity contribution in [2.45, 2.75) is 38.7 Å². The fourth-order valence-electron chi connectivity index (χ4n) is 1.47. The molecule has 1 unspecified atom stereocenters. The lowest BCUT2D eigenvalue weighted by atomic mass is 9.98. The Morgan fingerprint density at radius 2 is 2.00 bits per heavy atom. The van der Waals surface area contributed by atoms with E-state index in [9.17, 15) is 5.11 Å². The standard InChI is InChI=1S/C8H14O/c1-8(4-5-8)7(9)6-2-3-6/h6-7,9H,2-5H2,1H3. The van der Waals surface area contributed by atoms with Crippen LogP contribution in [0.2, 0.25) is 0 Å². The molecule has 2 saturated carbocycles. The molecule has 1 N–H and O–H groups in total. The summed E-state index contributed by atoms with van der Waals surface area (Å²) in [6, 6.07) is 0. The topological polar surface area (TPSA) is 20.2 Å². The normalized spacial score (nSPS) is 34.0. The summed E-state index contributed by atoms with van der Waals surface area (Å²) in [5, 5.41) is 9.59. The second kappa shape index (κ2) is 1.51. The van der Waals surface area contributed by atoms with Crippen LogP contribution >= 0.6 is 0 Å². The van der Waals surface area contributed by atoms with Crippen LogP contribution in [-0.4, -0.2) is 11.2 Å². The lowest BCUT2D eigenvalue weighted by Crippen LogP contribution is -2.20. The van der Waals surface area contributed by atoms with Crippen LogP contribution in [0.5, 0.6) is 0 Å². The molecule has 0 aromatic rings. The van der Waals surface area contributed by atoms with Crippen LogP contribution in [0.1, 0.15) is 32.6 Å². The first kappa shape index (κ1) is 5.72. The fourth-order valence-corrected chi connectivity index (χ4v) is 1.47. The zero-order valence-corrected chi connectivity index (χ0v) is 5.93. The molecule has 0 aromatic carbocycles. The van der Waals surface area contributed by atoms with Gasteiger partial charge in [-0.15, -0.1) is 0 Å². The smallest absolute Gasteiger partial charge is 0.0621 e. The quantitative estimate of drug-likeness (QED) is 0.595. The number of hydrogen-bond acceptors (Lipinski definition) is 1. The highest BCUT2D eigenvalue weighted by molar-refractivity contribution is 5.00. The molecule has 2 aliphatic carbocycles. The Balaban J connectivity index is 1.95. The fraction of sp³-hybridized carbons (Fsp3) is 1.00. The van der Waals surface area contributed by atoms with Crippen LogP contribution in [0.4, 0.5) is 0 Å². The molecular weight excluding hydrogens is 112 g/mol. The summed E-state index contributed by atoms with van der Waals surface area (Å²) in [5.74, 6) is 0.678. The van der Waals surface area contributed by atoms with Gasteiger partial charge in [-0.3, -0.25) is 0 Å². The van der Waals surface area contributed by atoms with Crippen molar-refractivity contribution in [3.63, 3.8) is 0 Å². The molecule has 2 aliphatic rings. The van der Waals surface area contributed by atoms with Gasteiger partial charge in [-0.25, -0.2) is 0 Å². The molecule has 0 amide bonds. The average molecular weight is 126 g/mol. The lowest BCUT2D eigenvalue weighted by Gasteiger charge is -2.15. The molecule has 1 heteroatoms. The minimum Gasteiger partial charge on any atom is -0.392 e. The van der Waals surface area contributed by atoms with E-state index in [2.05, 4.69) is 6.92 Å². The Bertz CT molecular complexity index is 123. The van der Waals surface area contributed by atoms with Crippen LogP contribution < -0.4 is 0 Å². The van der Waals surface area contributed by atoms with E-state index in [0.29, 0.717) is 11.3 Å². The van der Waals surface area contributed by atoms with Crippen LogP contribution in [-0.2, 0) is 0 Å². The Kier molecular flexibility index (Phi) is 0.963. The molecule has 0 saturated heterocycles. The highest BCUT2D eigenvalue weighted by atomic mass is 16.3. The SMILES string of the molecule is CC1(C(O)C2CC2)CC1. The van der Waals surface area contributed by atoms with E-state index >= 15 is 0 Å². The second-order valence-electron chi connectivity index (χ2n) is 3.94. The molecule has 1 atom stereocenters. The van der Waals surface area contributed by atoms with E-state index in [0.717, 1.165) is 0 Å². The van der Waals surface area contributed by atoms with Crippen LogP contribution in [0.25, 0.3) is 0 Å². The lowest BCUT2D eigenvalue weighted by molar-refractivity contribution is 0.0817. The summed E-state index contributed by atoms with van der Waals surface area (Å²) in [6.45, 7) is 2.20. The van der Waals surface area contributed by atoms with Crippen molar-refractivity contribution in [3.05, 3.63) is 0 Å². The van der Waals surface area contributed by atoms with Gasteiger partial charge in [0.15, 0.2) is 0 Å². The monoisotopic (exact) mass is 126 g/mol. The maximum Gasteiger partial charge on any atom is 0.0621 e. The maximum absolute atomic E-state index is 9.59. The minimum atomic E-state index is 0.0394. The Hall–Kier alpha value is -0.0400. The van der Waals surface area contributed by atoms with Crippen LogP contribution in [0, 0.1) is 11.3 Å². The van der Waals surface area contributed by atoms with Gasteiger partial charge in [0.25, 0.3) is 0 Å². The highest BCUT2D eigenvalue weighted by Gasteiger charge is 2.49. The van der Waals surface area contributed by atoms with Gasteiger partial charge in [0.2, 0.25) is 0 Å². The molecule has 0 bridgehead atoms. The molecule has 9 heavy (non-hydrogen) atoms. The number of aliphatic hydroxyl groups is 1. The van der Waals surface area contributed by atoms with Crippen molar-refractivity contribution in [2.75, 3.05) is 0 Å². The third-order valence-electron chi connectivity index (χ3n) is 2.82. The van der Waals surface area contributed by atoms with E-state index in [1.54, 1.807) is 0 Å². The number of rotatable bonds is 2. The van der Waals surface area contributed by atoms with Gasteiger partial charge >= 0.3 is 0 Å². The zero-order valence-electron chi connectivity index (χ0n) is 5.93. The molecule has 0 radical (unpaired) electrons. The van der Waals surface area contributed by atoms with Gasteiger partial charge in [-0.2, -0.15) is 0 Å². The molecule has 2 rings (SSSR count). The summed E-state index contributed by atoms with van der Waals surface area (Å²) in [6.07, 6.45) is 5.10. The third kappa shape index (κ3) is 0.877. The van der Waals surface area contributed by atoms with Gasteiger partial charge < -0.3 is 5.11 Å². The molecule has 1 nitrogen and oxygen atoms in total. The molecule has 0 heterocycles. The van der Waals surface area contributed by atoms with Crippen molar-refractivity contribution in [1.29, 1.82) is 0 Å². The van der Waals surface area contributed by atoms with Crippen LogP contribution in [0.3, 0.4) is 0 Å². The molecule has 52 valence electrons. The van der Waals surface area contributed by atoms with Gasteiger partial charge in [-0.1, -0.05) is 6.92 Å². The molecule has 0 spiro atoms. The largest absolute Gasteiger partial charge is 0.392 e. The van der Waals surface area contributed by atoms with Gasteiger partial charge in [0, 0.05) is 0 Å². The summed E-state index contributed by atoms with van der Waals surface area (Å²) in [7, 11) is 0. The van der Waals surface area contributed by atoms with Gasteiger partial charge in [-0.05, 0) is 37.0 Å². The van der Waals surface area contributed by atoms with E-state index < -0.39 is 0 Å². The maximum atomic E-state index is 9.59. The molecule has 0 aliphatic heterocycles. The van der Waals surface area contributed by atoms with Crippen molar-refractivity contribution in [3.8, 4) is 0 Å². The number of aliphatic hydroxyl groups excluding tert-OH is 1. The minimum absolute atomic E-state index is 0.0394. The molecule has 0 aromatic heterocycles. The Labute approximate surface area is 56.1 Å². The molecular formula is C8H14O. The van der Waals surface area contributed by atoms with Crippen molar-refractivity contribution >= 4 is 0 Å². The van der Waals surface area contributed by atoms with Crippen molar-refractivity contribution in [1.82, 2.24) is 0 Å². The van der Waals surface area contributed by atoms with Gasteiger partial charge in [0.05, 0.1) is 6.10 Å².